The van der Waals surface area contributed by atoms with Crippen LogP contribution in [0.5, 0.6) is 0 Å². The Kier molecular flexibility index (Phi) is 4.24. The molecule has 0 spiro atoms. The molecule has 104 valence electrons. The summed E-state index contributed by atoms with van der Waals surface area (Å²) < 4.78 is 26.1. The van der Waals surface area contributed by atoms with Crippen LogP contribution in [0.25, 0.3) is 0 Å². The number of hydrogen-bond acceptors (Lipinski definition) is 2. The minimum absolute atomic E-state index is 0.252. The summed E-state index contributed by atoms with van der Waals surface area (Å²) in [6.45, 7) is 5.13. The van der Waals surface area contributed by atoms with E-state index in [9.17, 15) is 18.4 Å². The molecule has 0 saturated heterocycles. The fraction of sp³-hybridized carbons (Fsp3) is 0.385. The fourth-order valence-corrected chi connectivity index (χ4v) is 1.28. The molecule has 0 radical (unpaired) electrons. The maximum atomic E-state index is 13.1. The number of benzene rings is 1. The molecule has 4 nitrogen and oxygen atoms in total. The summed E-state index contributed by atoms with van der Waals surface area (Å²) >= 11 is 0. The van der Waals surface area contributed by atoms with Crippen LogP contribution in [-0.2, 0) is 4.79 Å². The maximum absolute atomic E-state index is 13.1. The van der Waals surface area contributed by atoms with Gasteiger partial charge in [0.15, 0.2) is 11.6 Å². The zero-order valence-electron chi connectivity index (χ0n) is 10.9. The van der Waals surface area contributed by atoms with Crippen LogP contribution in [0.15, 0.2) is 12.1 Å². The second-order valence-electron chi connectivity index (χ2n) is 4.81. The van der Waals surface area contributed by atoms with E-state index in [1.165, 1.54) is 0 Å². The van der Waals surface area contributed by atoms with Crippen molar-refractivity contribution < 1.29 is 23.5 Å². The van der Waals surface area contributed by atoms with Crippen LogP contribution in [0.1, 0.15) is 37.6 Å². The van der Waals surface area contributed by atoms with Crippen molar-refractivity contribution in [2.24, 2.45) is 5.41 Å². The molecule has 0 bridgehead atoms. The van der Waals surface area contributed by atoms with E-state index >= 15 is 0 Å². The first-order chi connectivity index (χ1) is 8.69. The number of anilines is 1. The molecule has 0 atom stereocenters. The van der Waals surface area contributed by atoms with Crippen LogP contribution < -0.4 is 5.32 Å². The summed E-state index contributed by atoms with van der Waals surface area (Å²) in [5.41, 5.74) is -1.47. The van der Waals surface area contributed by atoms with Gasteiger partial charge in [-0.2, -0.15) is 0 Å². The molecular weight excluding hydrogens is 256 g/mol. The largest absolute Gasteiger partial charge is 0.478 e. The third-order valence-corrected chi connectivity index (χ3v) is 3.04. The number of carbonyl (C=O) groups excluding carboxylic acids is 1. The van der Waals surface area contributed by atoms with Crippen molar-refractivity contribution >= 4 is 17.6 Å². The number of amides is 1. The van der Waals surface area contributed by atoms with E-state index in [0.29, 0.717) is 18.6 Å². The number of nitrogens with one attached hydrogen (secondary N) is 1. The molecule has 1 aromatic carbocycles. The third kappa shape index (κ3) is 3.27. The highest BCUT2D eigenvalue weighted by molar-refractivity contribution is 6.02. The summed E-state index contributed by atoms with van der Waals surface area (Å²) in [6, 6.07) is 1.22. The number of carboxylic acids is 1. The second-order valence-corrected chi connectivity index (χ2v) is 4.81. The van der Waals surface area contributed by atoms with Crippen LogP contribution in [0.2, 0.25) is 0 Å². The van der Waals surface area contributed by atoms with Gasteiger partial charge in [-0.25, -0.2) is 13.6 Å². The van der Waals surface area contributed by atoms with Gasteiger partial charge in [0.2, 0.25) is 5.91 Å². The predicted octanol–water partition coefficient (Wildman–Crippen LogP) is 3.04. The lowest BCUT2D eigenvalue weighted by Gasteiger charge is -2.22. The molecule has 0 saturated carbocycles. The molecule has 2 N–H and O–H groups in total. The van der Waals surface area contributed by atoms with Gasteiger partial charge >= 0.3 is 5.97 Å². The first kappa shape index (κ1) is 15.1. The van der Waals surface area contributed by atoms with Crippen LogP contribution in [0, 0.1) is 17.0 Å². The molecule has 0 aromatic heterocycles. The van der Waals surface area contributed by atoms with Crippen molar-refractivity contribution in [1.82, 2.24) is 0 Å². The Bertz CT molecular complexity index is 527. The first-order valence-corrected chi connectivity index (χ1v) is 5.73. The Balaban J connectivity index is 3.17. The molecular formula is C13H15F2NO3. The van der Waals surface area contributed by atoms with Gasteiger partial charge in [0.1, 0.15) is 0 Å². The summed E-state index contributed by atoms with van der Waals surface area (Å²) in [5.74, 6) is -4.38. The summed E-state index contributed by atoms with van der Waals surface area (Å²) in [4.78, 5) is 22.9. The molecule has 0 fully saturated rings. The summed E-state index contributed by atoms with van der Waals surface area (Å²) in [6.07, 6.45) is 0.519. The molecule has 1 aromatic rings. The number of aromatic carboxylic acids is 1. The van der Waals surface area contributed by atoms with Gasteiger partial charge in [-0.1, -0.05) is 20.8 Å². The monoisotopic (exact) mass is 271 g/mol. The Morgan fingerprint density at radius 2 is 1.79 bits per heavy atom. The third-order valence-electron chi connectivity index (χ3n) is 3.04. The van der Waals surface area contributed by atoms with Gasteiger partial charge in [-0.15, -0.1) is 0 Å². The Morgan fingerprint density at radius 3 is 2.26 bits per heavy atom. The minimum atomic E-state index is -1.44. The topological polar surface area (TPSA) is 66.4 Å². The van der Waals surface area contributed by atoms with Crippen LogP contribution >= 0.6 is 0 Å². The summed E-state index contributed by atoms with van der Waals surface area (Å²) in [7, 11) is 0. The molecule has 0 aliphatic heterocycles. The van der Waals surface area contributed by atoms with Gasteiger partial charge in [0.25, 0.3) is 0 Å². The van der Waals surface area contributed by atoms with E-state index in [-0.39, 0.29) is 5.69 Å². The van der Waals surface area contributed by atoms with Crippen LogP contribution in [-0.4, -0.2) is 17.0 Å². The molecule has 1 amide bonds. The second kappa shape index (κ2) is 5.34. The van der Waals surface area contributed by atoms with Gasteiger partial charge in [0.05, 0.1) is 11.3 Å². The van der Waals surface area contributed by atoms with E-state index in [0.717, 1.165) is 0 Å². The Hall–Kier alpha value is -1.98. The quantitative estimate of drug-likeness (QED) is 0.884. The maximum Gasteiger partial charge on any atom is 0.337 e. The number of hydrogen-bond donors (Lipinski definition) is 2. The van der Waals surface area contributed by atoms with Crippen LogP contribution in [0.4, 0.5) is 14.5 Å². The number of rotatable bonds is 4. The standard InChI is InChI=1S/C13H15F2NO3/c1-4-13(2,3)12(19)16-10-6-9(15)8(14)5-7(10)11(17)18/h5-6H,4H2,1-3H3,(H,16,19)(H,17,18). The van der Waals surface area contributed by atoms with Crippen molar-refractivity contribution in [3.63, 3.8) is 0 Å². The molecule has 0 heterocycles. The molecule has 19 heavy (non-hydrogen) atoms. The van der Waals surface area contributed by atoms with Crippen molar-refractivity contribution in [1.29, 1.82) is 0 Å². The molecule has 1 rings (SSSR count). The first-order valence-electron chi connectivity index (χ1n) is 5.73. The SMILES string of the molecule is CCC(C)(C)C(=O)Nc1cc(F)c(F)cc1C(=O)O. The number of carboxylic acid groups (broad SMARTS) is 1. The normalized spacial score (nSPS) is 11.2. The van der Waals surface area contributed by atoms with Crippen molar-refractivity contribution in [3.05, 3.63) is 29.3 Å². The predicted molar refractivity (Wildman–Crippen MR) is 66.0 cm³/mol. The van der Waals surface area contributed by atoms with E-state index in [1.807, 2.05) is 0 Å². The van der Waals surface area contributed by atoms with Crippen molar-refractivity contribution in [3.8, 4) is 0 Å². The molecule has 0 aliphatic rings. The number of halogens is 2. The van der Waals surface area contributed by atoms with Gasteiger partial charge < -0.3 is 10.4 Å². The van der Waals surface area contributed by atoms with E-state index in [2.05, 4.69) is 5.32 Å². The average molecular weight is 271 g/mol. The molecule has 6 heteroatoms. The fourth-order valence-electron chi connectivity index (χ4n) is 1.28. The number of carbonyl (C=O) groups is 2. The van der Waals surface area contributed by atoms with E-state index in [1.54, 1.807) is 20.8 Å². The van der Waals surface area contributed by atoms with E-state index in [4.69, 9.17) is 5.11 Å². The lowest BCUT2D eigenvalue weighted by molar-refractivity contribution is -0.124. The lowest BCUT2D eigenvalue weighted by atomic mass is 9.89. The zero-order chi connectivity index (χ0) is 14.8. The minimum Gasteiger partial charge on any atom is -0.478 e. The average Bonchev–Trinajstić information content (AvgIpc) is 2.32. The molecule has 0 unspecified atom stereocenters. The Morgan fingerprint density at radius 1 is 1.26 bits per heavy atom. The zero-order valence-corrected chi connectivity index (χ0v) is 10.9. The van der Waals surface area contributed by atoms with Gasteiger partial charge in [0, 0.05) is 11.5 Å². The highest BCUT2D eigenvalue weighted by Crippen LogP contribution is 2.25. The highest BCUT2D eigenvalue weighted by Gasteiger charge is 2.27. The van der Waals surface area contributed by atoms with Crippen molar-refractivity contribution in [2.45, 2.75) is 27.2 Å². The van der Waals surface area contributed by atoms with Gasteiger partial charge in [-0.3, -0.25) is 4.79 Å². The molecule has 0 aliphatic carbocycles. The lowest BCUT2D eigenvalue weighted by Crippen LogP contribution is -2.30. The van der Waals surface area contributed by atoms with Crippen molar-refractivity contribution in [2.75, 3.05) is 5.32 Å². The highest BCUT2D eigenvalue weighted by atomic mass is 19.2. The Labute approximate surface area is 109 Å². The summed E-state index contributed by atoms with van der Waals surface area (Å²) in [5, 5.41) is 11.2. The van der Waals surface area contributed by atoms with E-state index < -0.39 is 34.5 Å². The van der Waals surface area contributed by atoms with Gasteiger partial charge in [-0.05, 0) is 12.5 Å². The smallest absolute Gasteiger partial charge is 0.337 e. The van der Waals surface area contributed by atoms with Crippen LogP contribution in [0.3, 0.4) is 0 Å².